The first-order chi connectivity index (χ1) is 20.4. The monoisotopic (exact) mass is 634 g/mol. The van der Waals surface area contributed by atoms with Crippen LogP contribution in [0.2, 0.25) is 15.2 Å². The van der Waals surface area contributed by atoms with Crippen LogP contribution in [-0.2, 0) is 6.42 Å². The van der Waals surface area contributed by atoms with E-state index in [4.69, 9.17) is 51.7 Å². The standard InChI is InChI=1S/C14H11ClN2O.C13H9Cl2N3.C4H9N3/c1-9-6-13-7-11(8-14(18)17(13)16-9)10-2-4-12(15)5-3-10;1-8-6-13-16-11(7-12(15)18(13)17-8)9-2-4-10(14)5-3-9;1-3(5)2-4(6)7/h2-6,8H,7H2,1H3;2-7H,1H3;2H,5H2,1H3,(H3,6,7). The first-order valence-electron chi connectivity index (χ1n) is 13.0. The number of aromatic nitrogens is 5. The second kappa shape index (κ2) is 13.7. The highest BCUT2D eigenvalue weighted by atomic mass is 35.5. The topological polar surface area (TPSA) is 141 Å². The maximum atomic E-state index is 11.9. The number of aryl methyl sites for hydroxylation is 2. The van der Waals surface area contributed by atoms with E-state index >= 15 is 0 Å². The molecular formula is C31H29Cl3N8O. The summed E-state index contributed by atoms with van der Waals surface area (Å²) in [7, 11) is 0. The number of benzene rings is 2. The molecule has 0 fully saturated rings. The van der Waals surface area contributed by atoms with Crippen molar-refractivity contribution in [2.24, 2.45) is 11.5 Å². The average molecular weight is 636 g/mol. The van der Waals surface area contributed by atoms with E-state index in [2.05, 4.69) is 15.2 Å². The van der Waals surface area contributed by atoms with Crippen LogP contribution in [0.15, 0.2) is 84.6 Å². The maximum Gasteiger partial charge on any atom is 0.271 e. The largest absolute Gasteiger partial charge is 0.402 e. The third-order valence-electron chi connectivity index (χ3n) is 6.03. The molecule has 0 saturated heterocycles. The molecule has 2 aromatic carbocycles. The molecule has 220 valence electrons. The Labute approximate surface area is 263 Å². The summed E-state index contributed by atoms with van der Waals surface area (Å²) in [6.07, 6.45) is 3.75. The first kappa shape index (κ1) is 31.5. The first-order valence-corrected chi connectivity index (χ1v) is 14.2. The molecule has 6 rings (SSSR count). The van der Waals surface area contributed by atoms with Crippen LogP contribution in [0.1, 0.15) is 34.4 Å². The minimum Gasteiger partial charge on any atom is -0.402 e. The fourth-order valence-corrected chi connectivity index (χ4v) is 4.72. The fraction of sp³-hybridized carbons (Fsp3) is 0.129. The Hall–Kier alpha value is -4.44. The summed E-state index contributed by atoms with van der Waals surface area (Å²) in [5, 5.41) is 17.0. The molecule has 0 saturated carbocycles. The zero-order chi connectivity index (χ0) is 31.3. The van der Waals surface area contributed by atoms with Crippen LogP contribution in [0.5, 0.6) is 0 Å². The Bertz CT molecular complexity index is 1850. The second-order valence-electron chi connectivity index (χ2n) is 9.75. The van der Waals surface area contributed by atoms with Crippen molar-refractivity contribution >= 4 is 57.8 Å². The minimum atomic E-state index is -0.0886. The van der Waals surface area contributed by atoms with Crippen LogP contribution in [0.25, 0.3) is 22.5 Å². The molecule has 3 aromatic heterocycles. The van der Waals surface area contributed by atoms with Gasteiger partial charge in [0.05, 0.1) is 22.8 Å². The third-order valence-corrected chi connectivity index (χ3v) is 6.80. The van der Waals surface area contributed by atoms with Crippen molar-refractivity contribution in [2.75, 3.05) is 0 Å². The molecule has 43 heavy (non-hydrogen) atoms. The third kappa shape index (κ3) is 8.32. The van der Waals surface area contributed by atoms with E-state index in [0.29, 0.717) is 27.3 Å². The Morgan fingerprint density at radius 1 is 0.884 bits per heavy atom. The van der Waals surface area contributed by atoms with Gasteiger partial charge in [-0.1, -0.05) is 59.1 Å². The van der Waals surface area contributed by atoms with E-state index in [9.17, 15) is 4.79 Å². The highest BCUT2D eigenvalue weighted by Gasteiger charge is 2.19. The Morgan fingerprint density at radius 2 is 1.47 bits per heavy atom. The maximum absolute atomic E-state index is 11.9. The minimum absolute atomic E-state index is 0.000000000000000222. The summed E-state index contributed by atoms with van der Waals surface area (Å²) in [5.74, 6) is -0.0886. The van der Waals surface area contributed by atoms with E-state index < -0.39 is 0 Å². The van der Waals surface area contributed by atoms with Gasteiger partial charge in [-0.2, -0.15) is 10.2 Å². The number of rotatable bonds is 3. The van der Waals surface area contributed by atoms with Crippen molar-refractivity contribution in [2.45, 2.75) is 27.2 Å². The van der Waals surface area contributed by atoms with E-state index in [-0.39, 0.29) is 11.7 Å². The fourth-order valence-electron chi connectivity index (χ4n) is 4.24. The Kier molecular flexibility index (Phi) is 10.0. The summed E-state index contributed by atoms with van der Waals surface area (Å²) in [5.41, 5.74) is 17.9. The molecule has 0 unspecified atom stereocenters. The van der Waals surface area contributed by atoms with E-state index in [1.165, 1.54) is 10.8 Å². The van der Waals surface area contributed by atoms with Gasteiger partial charge in [0.2, 0.25) is 0 Å². The van der Waals surface area contributed by atoms with Crippen molar-refractivity contribution in [3.63, 3.8) is 0 Å². The number of carbonyl (C=O) groups excluding carboxylic acids is 1. The van der Waals surface area contributed by atoms with Crippen LogP contribution in [0.3, 0.4) is 0 Å². The number of fused-ring (bicyclic) bond motifs is 2. The zero-order valence-corrected chi connectivity index (χ0v) is 25.9. The van der Waals surface area contributed by atoms with Crippen molar-refractivity contribution in [1.29, 1.82) is 5.41 Å². The number of nitrogens with zero attached hydrogens (tertiary/aromatic N) is 5. The van der Waals surface area contributed by atoms with E-state index in [0.717, 1.165) is 45.1 Å². The van der Waals surface area contributed by atoms with Crippen LogP contribution in [-0.4, -0.2) is 36.1 Å². The SMILES string of the molecule is CC(N)=CC(=N)N.Cc1cc2n(n1)C(=O)C=C(c1ccc(Cl)cc1)C2.Cc1cc2nc(-c3ccc(Cl)cc3)cc(Cl)n2n1. The predicted molar refractivity (Wildman–Crippen MR) is 174 cm³/mol. The Morgan fingerprint density at radius 3 is 2.02 bits per heavy atom. The molecule has 0 aliphatic carbocycles. The van der Waals surface area contributed by atoms with Gasteiger partial charge in [0.15, 0.2) is 5.65 Å². The van der Waals surface area contributed by atoms with Gasteiger partial charge in [0.1, 0.15) is 11.0 Å². The molecular weight excluding hydrogens is 607 g/mol. The molecule has 0 atom stereocenters. The molecule has 1 aliphatic rings. The molecule has 0 amide bonds. The Balaban J connectivity index is 0.000000163. The summed E-state index contributed by atoms with van der Waals surface area (Å²) < 4.78 is 3.09. The van der Waals surface area contributed by atoms with Crippen LogP contribution in [0, 0.1) is 19.3 Å². The zero-order valence-electron chi connectivity index (χ0n) is 23.6. The van der Waals surface area contributed by atoms with Gasteiger partial charge in [-0.25, -0.2) is 14.2 Å². The number of amidine groups is 1. The molecule has 0 spiro atoms. The highest BCUT2D eigenvalue weighted by Crippen LogP contribution is 2.26. The van der Waals surface area contributed by atoms with Gasteiger partial charge in [0.25, 0.3) is 5.91 Å². The molecule has 5 N–H and O–H groups in total. The predicted octanol–water partition coefficient (Wildman–Crippen LogP) is 6.92. The molecule has 1 aliphatic heterocycles. The summed E-state index contributed by atoms with van der Waals surface area (Å²) in [6.45, 7) is 5.48. The normalized spacial score (nSPS) is 12.5. The lowest BCUT2D eigenvalue weighted by Crippen LogP contribution is -2.18. The number of nitrogens with one attached hydrogen (secondary N) is 1. The van der Waals surface area contributed by atoms with Gasteiger partial charge < -0.3 is 11.5 Å². The number of allylic oxidation sites excluding steroid dienone is 3. The molecule has 12 heteroatoms. The van der Waals surface area contributed by atoms with Crippen LogP contribution < -0.4 is 11.5 Å². The highest BCUT2D eigenvalue weighted by molar-refractivity contribution is 6.31. The van der Waals surface area contributed by atoms with Gasteiger partial charge in [0, 0.05) is 45.9 Å². The quantitative estimate of drug-likeness (QED) is 0.112. The number of hydrogen-bond acceptors (Lipinski definition) is 6. The van der Waals surface area contributed by atoms with Gasteiger partial charge in [-0.3, -0.25) is 10.2 Å². The number of hydrogen-bond donors (Lipinski definition) is 3. The van der Waals surface area contributed by atoms with Crippen LogP contribution in [0.4, 0.5) is 0 Å². The molecule has 5 aromatic rings. The number of halogens is 3. The van der Waals surface area contributed by atoms with Crippen molar-refractivity contribution < 1.29 is 4.79 Å². The lowest BCUT2D eigenvalue weighted by molar-refractivity contribution is 0.0948. The molecule has 0 radical (unpaired) electrons. The molecule has 4 heterocycles. The van der Waals surface area contributed by atoms with Crippen molar-refractivity contribution in [1.82, 2.24) is 24.4 Å². The molecule has 9 nitrogen and oxygen atoms in total. The summed E-state index contributed by atoms with van der Waals surface area (Å²) in [6, 6.07) is 20.7. The van der Waals surface area contributed by atoms with Gasteiger partial charge in [-0.15, -0.1) is 0 Å². The number of nitrogens with two attached hydrogens (primary N) is 2. The van der Waals surface area contributed by atoms with E-state index in [1.54, 1.807) is 23.6 Å². The number of carbonyl (C=O) groups is 1. The second-order valence-corrected chi connectivity index (χ2v) is 11.0. The lowest BCUT2D eigenvalue weighted by atomic mass is 9.98. The van der Waals surface area contributed by atoms with Crippen LogP contribution >= 0.6 is 34.8 Å². The van der Waals surface area contributed by atoms with Gasteiger partial charge in [-0.05, 0) is 68.3 Å². The van der Waals surface area contributed by atoms with Crippen molar-refractivity contribution in [3.8, 4) is 11.3 Å². The van der Waals surface area contributed by atoms with E-state index in [1.807, 2.05) is 74.5 Å². The van der Waals surface area contributed by atoms with Gasteiger partial charge >= 0.3 is 0 Å². The smallest absolute Gasteiger partial charge is 0.271 e. The summed E-state index contributed by atoms with van der Waals surface area (Å²) >= 11 is 17.9. The molecule has 0 bridgehead atoms. The van der Waals surface area contributed by atoms with Crippen molar-refractivity contribution in [3.05, 3.63) is 122 Å². The summed E-state index contributed by atoms with van der Waals surface area (Å²) in [4.78, 5) is 16.5. The average Bonchev–Trinajstić information content (AvgIpc) is 3.51. The lowest BCUT2D eigenvalue weighted by Gasteiger charge is -2.14.